The molecule has 4 aromatic carbocycles. The Morgan fingerprint density at radius 2 is 1.69 bits per heavy atom. The van der Waals surface area contributed by atoms with E-state index in [-0.39, 0.29) is 22.2 Å². The fourth-order valence-corrected chi connectivity index (χ4v) is 8.16. The Morgan fingerprint density at radius 1 is 1.02 bits per heavy atom. The van der Waals surface area contributed by atoms with E-state index in [1.54, 1.807) is 43.1 Å². The molecule has 1 amide bonds. The SMILES string of the molecule is COC1(c2ccc(Cl)cc2)CCN(c2ccc(C(=O)NS(=O)(=O)c3ccc(N[C@H](CCN(C)C)CSc4ccccc4)c([N+](=O)[O-])c3)cc2)CC1. The Morgan fingerprint density at radius 3 is 2.29 bits per heavy atom. The number of rotatable bonds is 15. The Hall–Kier alpha value is -4.14. The van der Waals surface area contributed by atoms with Crippen LogP contribution in [0.15, 0.2) is 107 Å². The van der Waals surface area contributed by atoms with E-state index in [1.807, 2.05) is 73.6 Å². The zero-order chi connectivity index (χ0) is 36.6. The van der Waals surface area contributed by atoms with Gasteiger partial charge < -0.3 is 19.9 Å². The van der Waals surface area contributed by atoms with Crippen LogP contribution in [-0.2, 0) is 20.4 Å². The van der Waals surface area contributed by atoms with Crippen LogP contribution in [0.4, 0.5) is 17.1 Å². The summed E-state index contributed by atoms with van der Waals surface area (Å²) in [6.07, 6.45) is 2.19. The third-order valence-electron chi connectivity index (χ3n) is 9.01. The summed E-state index contributed by atoms with van der Waals surface area (Å²) in [5.74, 6) is -0.202. The van der Waals surface area contributed by atoms with E-state index in [0.29, 0.717) is 30.3 Å². The minimum atomic E-state index is -4.43. The van der Waals surface area contributed by atoms with E-state index in [0.717, 1.165) is 41.6 Å². The molecule has 51 heavy (non-hydrogen) atoms. The van der Waals surface area contributed by atoms with Crippen LogP contribution in [0.1, 0.15) is 35.2 Å². The summed E-state index contributed by atoms with van der Waals surface area (Å²) >= 11 is 7.71. The highest BCUT2D eigenvalue weighted by Crippen LogP contribution is 2.38. The van der Waals surface area contributed by atoms with Gasteiger partial charge in [-0.2, -0.15) is 0 Å². The molecule has 0 unspecified atom stereocenters. The molecule has 1 aliphatic rings. The van der Waals surface area contributed by atoms with Gasteiger partial charge >= 0.3 is 0 Å². The highest BCUT2D eigenvalue weighted by atomic mass is 35.5. The van der Waals surface area contributed by atoms with Crippen LogP contribution in [-0.4, -0.2) is 76.8 Å². The van der Waals surface area contributed by atoms with Gasteiger partial charge in [0.05, 0.1) is 15.4 Å². The van der Waals surface area contributed by atoms with Crippen molar-refractivity contribution in [1.82, 2.24) is 9.62 Å². The number of carbonyl (C=O) groups excluding carboxylic acids is 1. The average Bonchev–Trinajstić information content (AvgIpc) is 3.13. The summed E-state index contributed by atoms with van der Waals surface area (Å²) in [5, 5.41) is 16.1. The molecule has 1 aliphatic heterocycles. The molecule has 0 radical (unpaired) electrons. The number of halogens is 1. The predicted octanol–water partition coefficient (Wildman–Crippen LogP) is 7.03. The fraction of sp³-hybridized carbons (Fsp3) is 0.324. The Balaban J connectivity index is 1.24. The average molecular weight is 752 g/mol. The number of hydrogen-bond donors (Lipinski definition) is 2. The van der Waals surface area contributed by atoms with Crippen LogP contribution >= 0.6 is 23.4 Å². The van der Waals surface area contributed by atoms with Gasteiger partial charge in [0.25, 0.3) is 21.6 Å². The van der Waals surface area contributed by atoms with Gasteiger partial charge in [0.1, 0.15) is 5.69 Å². The first-order valence-corrected chi connectivity index (χ1v) is 19.3. The number of benzene rings is 4. The van der Waals surface area contributed by atoms with Gasteiger partial charge in [-0.15, -0.1) is 11.8 Å². The van der Waals surface area contributed by atoms with Crippen LogP contribution in [0, 0.1) is 10.1 Å². The number of methoxy groups -OCH3 is 1. The van der Waals surface area contributed by atoms with E-state index in [4.69, 9.17) is 16.3 Å². The third kappa shape index (κ3) is 9.80. The second-order valence-corrected chi connectivity index (χ2v) is 15.9. The number of carbonyl (C=O) groups is 1. The number of sulfonamides is 1. The quantitative estimate of drug-likeness (QED) is 0.0741. The maximum absolute atomic E-state index is 13.3. The number of nitrogens with one attached hydrogen (secondary N) is 2. The summed E-state index contributed by atoms with van der Waals surface area (Å²) in [5.41, 5.74) is 1.48. The molecule has 1 heterocycles. The molecule has 0 saturated carbocycles. The molecule has 0 aliphatic carbocycles. The Bertz CT molecular complexity index is 1900. The number of piperidine rings is 1. The number of nitro benzene ring substituents is 1. The normalized spacial score (nSPS) is 15.0. The van der Waals surface area contributed by atoms with Crippen molar-refractivity contribution >= 4 is 56.4 Å². The first-order valence-electron chi connectivity index (χ1n) is 16.5. The monoisotopic (exact) mass is 751 g/mol. The van der Waals surface area contributed by atoms with Gasteiger partial charge in [0.2, 0.25) is 0 Å². The Labute approximate surface area is 308 Å². The van der Waals surface area contributed by atoms with Gasteiger partial charge in [0.15, 0.2) is 0 Å². The molecule has 1 fully saturated rings. The minimum Gasteiger partial charge on any atom is -0.376 e. The van der Waals surface area contributed by atoms with Crippen molar-refractivity contribution in [2.45, 2.75) is 40.7 Å². The number of hydrogen-bond acceptors (Lipinski definition) is 10. The number of nitro groups is 1. The highest BCUT2D eigenvalue weighted by molar-refractivity contribution is 7.99. The lowest BCUT2D eigenvalue weighted by molar-refractivity contribution is -0.384. The second-order valence-electron chi connectivity index (χ2n) is 12.7. The van der Waals surface area contributed by atoms with Crippen LogP contribution in [0.2, 0.25) is 5.02 Å². The lowest BCUT2D eigenvalue weighted by Gasteiger charge is -2.42. The minimum absolute atomic E-state index is 0.138. The van der Waals surface area contributed by atoms with Crippen molar-refractivity contribution in [3.63, 3.8) is 0 Å². The van der Waals surface area contributed by atoms with E-state index >= 15 is 0 Å². The van der Waals surface area contributed by atoms with Gasteiger partial charge in [-0.3, -0.25) is 14.9 Å². The molecule has 1 atom stereocenters. The fourth-order valence-electron chi connectivity index (χ4n) is 6.05. The van der Waals surface area contributed by atoms with Crippen molar-refractivity contribution in [3.05, 3.63) is 123 Å². The maximum atomic E-state index is 13.3. The summed E-state index contributed by atoms with van der Waals surface area (Å²) in [4.78, 5) is 29.5. The van der Waals surface area contributed by atoms with Crippen molar-refractivity contribution in [2.24, 2.45) is 0 Å². The van der Waals surface area contributed by atoms with Gasteiger partial charge in [-0.25, -0.2) is 13.1 Å². The number of thioether (sulfide) groups is 1. The molecule has 0 spiro atoms. The zero-order valence-electron chi connectivity index (χ0n) is 28.8. The summed E-state index contributed by atoms with van der Waals surface area (Å²) in [6, 6.07) is 27.7. The van der Waals surface area contributed by atoms with E-state index in [9.17, 15) is 23.3 Å². The number of ether oxygens (including phenoxy) is 1. The zero-order valence-corrected chi connectivity index (χ0v) is 31.1. The number of anilines is 2. The van der Waals surface area contributed by atoms with Gasteiger partial charge in [-0.05, 0) is 106 Å². The molecule has 0 aromatic heterocycles. The van der Waals surface area contributed by atoms with Gasteiger partial charge in [0, 0.05) is 59.2 Å². The summed E-state index contributed by atoms with van der Waals surface area (Å²) < 4.78 is 34.6. The topological polar surface area (TPSA) is 134 Å². The molecule has 5 rings (SSSR count). The molecule has 11 nitrogen and oxygen atoms in total. The lowest BCUT2D eigenvalue weighted by atomic mass is 9.84. The smallest absolute Gasteiger partial charge is 0.293 e. The highest BCUT2D eigenvalue weighted by Gasteiger charge is 2.36. The van der Waals surface area contributed by atoms with Gasteiger partial charge in [-0.1, -0.05) is 41.9 Å². The van der Waals surface area contributed by atoms with Crippen LogP contribution < -0.4 is 14.9 Å². The molecule has 2 N–H and O–H groups in total. The standard InChI is InChI=1S/C37H42ClN5O6S2/c1-41(2)22-19-30(26-50-32-7-5-4-6-8-32)39-34-18-17-33(25-35(34)43(45)46)51(47,48)40-36(44)27-9-15-31(16-10-27)42-23-20-37(49-3,21-24-42)28-11-13-29(38)14-12-28/h4-18,25,30,39H,19-24,26H2,1-3H3,(H,40,44)/t30-/m1/s1. The van der Waals surface area contributed by atoms with Crippen molar-refractivity contribution in [1.29, 1.82) is 0 Å². The molecule has 0 bridgehead atoms. The molecular formula is C37H42ClN5O6S2. The summed E-state index contributed by atoms with van der Waals surface area (Å²) in [6.45, 7) is 2.17. The van der Waals surface area contributed by atoms with Crippen LogP contribution in [0.25, 0.3) is 0 Å². The van der Waals surface area contributed by atoms with E-state index in [1.165, 1.54) is 12.1 Å². The van der Waals surface area contributed by atoms with Crippen molar-refractivity contribution in [3.8, 4) is 0 Å². The lowest BCUT2D eigenvalue weighted by Crippen LogP contribution is -2.43. The molecule has 1 saturated heterocycles. The second kappa shape index (κ2) is 16.9. The molecule has 270 valence electrons. The number of amides is 1. The first kappa shape index (κ1) is 38.1. The van der Waals surface area contributed by atoms with Crippen molar-refractivity contribution in [2.75, 3.05) is 56.8 Å². The third-order valence-corrected chi connectivity index (χ3v) is 11.8. The first-order chi connectivity index (χ1) is 24.4. The number of nitrogens with zero attached hydrogens (tertiary/aromatic N) is 3. The Kier molecular flexibility index (Phi) is 12.6. The van der Waals surface area contributed by atoms with Crippen LogP contribution in [0.5, 0.6) is 0 Å². The summed E-state index contributed by atoms with van der Waals surface area (Å²) in [7, 11) is 1.20. The van der Waals surface area contributed by atoms with E-state index < -0.39 is 32.1 Å². The van der Waals surface area contributed by atoms with E-state index in [2.05, 4.69) is 14.9 Å². The predicted molar refractivity (Wildman–Crippen MR) is 204 cm³/mol. The largest absolute Gasteiger partial charge is 0.376 e. The molecular weight excluding hydrogens is 710 g/mol. The molecule has 14 heteroatoms. The van der Waals surface area contributed by atoms with Crippen LogP contribution in [0.3, 0.4) is 0 Å². The van der Waals surface area contributed by atoms with Crippen molar-refractivity contribution < 1.29 is 22.9 Å². The maximum Gasteiger partial charge on any atom is 0.293 e. The molecule has 4 aromatic rings.